The Morgan fingerprint density at radius 1 is 1.09 bits per heavy atom. The minimum Gasteiger partial charge on any atom is -0.244 e. The lowest BCUT2D eigenvalue weighted by molar-refractivity contribution is 0.314. The molecular formula is C19H21ClFN. The topological polar surface area (TPSA) is 12.9 Å². The molecule has 1 aromatic heterocycles. The first kappa shape index (κ1) is 15.5. The van der Waals surface area contributed by atoms with Crippen LogP contribution < -0.4 is 0 Å². The van der Waals surface area contributed by atoms with Crippen LogP contribution >= 0.6 is 11.6 Å². The van der Waals surface area contributed by atoms with E-state index in [1.807, 2.05) is 18.2 Å². The molecule has 0 N–H and O–H groups in total. The van der Waals surface area contributed by atoms with E-state index in [1.54, 1.807) is 18.3 Å². The molecule has 0 saturated heterocycles. The summed E-state index contributed by atoms with van der Waals surface area (Å²) in [6.45, 7) is 2.25. The third-order valence-corrected chi connectivity index (χ3v) is 5.15. The molecule has 3 rings (SSSR count). The third kappa shape index (κ3) is 3.33. The normalized spacial score (nSPS) is 21.8. The largest absolute Gasteiger partial charge is 0.244 e. The van der Waals surface area contributed by atoms with Gasteiger partial charge in [-0.15, -0.1) is 0 Å². The standard InChI is InChI=1S/C19H21ClFN/c1-2-13-3-5-14(6-4-13)17-9-7-15(11-18(17)21)16-8-10-19(20)22-12-16/h7-14H,2-6H2,1H3/t13-,14-. The van der Waals surface area contributed by atoms with Crippen LogP contribution in [0.1, 0.15) is 50.5 Å². The molecule has 0 amide bonds. The van der Waals surface area contributed by atoms with Crippen LogP contribution in [0, 0.1) is 11.7 Å². The van der Waals surface area contributed by atoms with Gasteiger partial charge in [-0.25, -0.2) is 9.37 Å². The number of halogens is 2. The van der Waals surface area contributed by atoms with Crippen molar-refractivity contribution in [2.75, 3.05) is 0 Å². The molecule has 3 heteroatoms. The smallest absolute Gasteiger partial charge is 0.129 e. The first-order valence-electron chi connectivity index (χ1n) is 8.08. The Hall–Kier alpha value is -1.41. The van der Waals surface area contributed by atoms with Crippen molar-refractivity contribution in [2.24, 2.45) is 5.92 Å². The molecule has 116 valence electrons. The lowest BCUT2D eigenvalue weighted by atomic mass is 9.77. The molecule has 0 unspecified atom stereocenters. The molecule has 1 aliphatic carbocycles. The highest BCUT2D eigenvalue weighted by Crippen LogP contribution is 2.38. The van der Waals surface area contributed by atoms with E-state index in [-0.39, 0.29) is 5.82 Å². The van der Waals surface area contributed by atoms with Gasteiger partial charge in [0.15, 0.2) is 0 Å². The maximum Gasteiger partial charge on any atom is 0.129 e. The van der Waals surface area contributed by atoms with Crippen molar-refractivity contribution in [3.05, 3.63) is 53.1 Å². The Morgan fingerprint density at radius 3 is 2.41 bits per heavy atom. The molecule has 0 aliphatic heterocycles. The van der Waals surface area contributed by atoms with E-state index < -0.39 is 0 Å². The van der Waals surface area contributed by atoms with Crippen molar-refractivity contribution in [3.63, 3.8) is 0 Å². The fourth-order valence-electron chi connectivity index (χ4n) is 3.47. The lowest BCUT2D eigenvalue weighted by Crippen LogP contribution is -2.13. The highest BCUT2D eigenvalue weighted by molar-refractivity contribution is 6.29. The first-order chi connectivity index (χ1) is 10.7. The molecule has 0 radical (unpaired) electrons. The number of pyridine rings is 1. The molecule has 22 heavy (non-hydrogen) atoms. The minimum absolute atomic E-state index is 0.0904. The van der Waals surface area contributed by atoms with Gasteiger partial charge in [0, 0.05) is 11.8 Å². The Morgan fingerprint density at radius 2 is 1.82 bits per heavy atom. The number of hydrogen-bond donors (Lipinski definition) is 0. The molecule has 0 spiro atoms. The number of rotatable bonds is 3. The summed E-state index contributed by atoms with van der Waals surface area (Å²) in [5, 5.41) is 0.452. The SMILES string of the molecule is CC[C@H]1CC[C@H](c2ccc(-c3ccc(Cl)nc3)cc2F)CC1. The maximum atomic E-state index is 14.5. The molecule has 1 nitrogen and oxygen atoms in total. The molecule has 2 aromatic rings. The highest BCUT2D eigenvalue weighted by atomic mass is 35.5. The monoisotopic (exact) mass is 317 g/mol. The summed E-state index contributed by atoms with van der Waals surface area (Å²) in [6.07, 6.45) is 7.60. The average Bonchev–Trinajstić information content (AvgIpc) is 2.56. The zero-order valence-electron chi connectivity index (χ0n) is 12.9. The predicted molar refractivity (Wildman–Crippen MR) is 89.6 cm³/mol. The highest BCUT2D eigenvalue weighted by Gasteiger charge is 2.23. The molecule has 0 bridgehead atoms. The van der Waals surface area contributed by atoms with Crippen molar-refractivity contribution in [1.29, 1.82) is 0 Å². The van der Waals surface area contributed by atoms with Crippen LogP contribution in [0.3, 0.4) is 0 Å². The second-order valence-electron chi connectivity index (χ2n) is 6.23. The summed E-state index contributed by atoms with van der Waals surface area (Å²) in [7, 11) is 0. The van der Waals surface area contributed by atoms with Gasteiger partial charge >= 0.3 is 0 Å². The van der Waals surface area contributed by atoms with Gasteiger partial charge in [0.25, 0.3) is 0 Å². The van der Waals surface area contributed by atoms with Crippen molar-refractivity contribution >= 4 is 11.6 Å². The molecule has 1 fully saturated rings. The van der Waals surface area contributed by atoms with E-state index in [4.69, 9.17) is 11.6 Å². The van der Waals surface area contributed by atoms with Crippen LogP contribution in [0.2, 0.25) is 5.15 Å². The Kier molecular flexibility index (Phi) is 4.77. The maximum absolute atomic E-state index is 14.5. The van der Waals surface area contributed by atoms with Crippen LogP contribution in [-0.2, 0) is 0 Å². The van der Waals surface area contributed by atoms with E-state index >= 15 is 0 Å². The van der Waals surface area contributed by atoms with Crippen molar-refractivity contribution < 1.29 is 4.39 Å². The van der Waals surface area contributed by atoms with Crippen molar-refractivity contribution in [1.82, 2.24) is 4.98 Å². The number of aromatic nitrogens is 1. The van der Waals surface area contributed by atoms with Crippen LogP contribution in [-0.4, -0.2) is 4.98 Å². The van der Waals surface area contributed by atoms with E-state index in [1.165, 1.54) is 19.3 Å². The van der Waals surface area contributed by atoms with Gasteiger partial charge in [0.2, 0.25) is 0 Å². The number of benzene rings is 1. The summed E-state index contributed by atoms with van der Waals surface area (Å²) in [5.41, 5.74) is 2.62. The summed E-state index contributed by atoms with van der Waals surface area (Å²) in [4.78, 5) is 4.06. The van der Waals surface area contributed by atoms with Gasteiger partial charge in [0.1, 0.15) is 11.0 Å². The summed E-state index contributed by atoms with van der Waals surface area (Å²) in [6, 6.07) is 9.18. The second kappa shape index (κ2) is 6.78. The van der Waals surface area contributed by atoms with Crippen molar-refractivity contribution in [2.45, 2.75) is 44.9 Å². The van der Waals surface area contributed by atoms with Crippen molar-refractivity contribution in [3.8, 4) is 11.1 Å². The molecule has 0 atom stereocenters. The van der Waals surface area contributed by atoms with Gasteiger partial charge in [-0.05, 0) is 66.8 Å². The lowest BCUT2D eigenvalue weighted by Gasteiger charge is -2.28. The molecule has 1 saturated carbocycles. The van der Waals surface area contributed by atoms with E-state index in [2.05, 4.69) is 11.9 Å². The Labute approximate surface area is 136 Å². The van der Waals surface area contributed by atoms with Gasteiger partial charge in [0.05, 0.1) is 0 Å². The van der Waals surface area contributed by atoms with Gasteiger partial charge in [-0.3, -0.25) is 0 Å². The van der Waals surface area contributed by atoms with Crippen LogP contribution in [0.25, 0.3) is 11.1 Å². The molecule has 1 aromatic carbocycles. The molecule has 1 aliphatic rings. The summed E-state index contributed by atoms with van der Waals surface area (Å²) in [5.74, 6) is 1.12. The Bertz CT molecular complexity index is 630. The van der Waals surface area contributed by atoms with Gasteiger partial charge in [-0.1, -0.05) is 37.1 Å². The summed E-state index contributed by atoms with van der Waals surface area (Å²) >= 11 is 5.80. The average molecular weight is 318 g/mol. The molecule has 1 heterocycles. The van der Waals surface area contributed by atoms with E-state index in [9.17, 15) is 4.39 Å². The van der Waals surface area contributed by atoms with Crippen LogP contribution in [0.15, 0.2) is 36.5 Å². The van der Waals surface area contributed by atoms with Crippen LogP contribution in [0.4, 0.5) is 4.39 Å². The van der Waals surface area contributed by atoms with Gasteiger partial charge in [-0.2, -0.15) is 0 Å². The third-order valence-electron chi connectivity index (χ3n) is 4.93. The second-order valence-corrected chi connectivity index (χ2v) is 6.62. The molecular weight excluding hydrogens is 297 g/mol. The van der Waals surface area contributed by atoms with Crippen LogP contribution in [0.5, 0.6) is 0 Å². The van der Waals surface area contributed by atoms with E-state index in [0.29, 0.717) is 11.1 Å². The fourth-order valence-corrected chi connectivity index (χ4v) is 3.58. The van der Waals surface area contributed by atoms with Gasteiger partial charge < -0.3 is 0 Å². The zero-order chi connectivity index (χ0) is 15.5. The number of nitrogens with zero attached hydrogens (tertiary/aromatic N) is 1. The quantitative estimate of drug-likeness (QED) is 0.612. The first-order valence-corrected chi connectivity index (χ1v) is 8.46. The minimum atomic E-state index is -0.0904. The predicted octanol–water partition coefficient (Wildman–Crippen LogP) is 6.22. The Balaban J connectivity index is 1.79. The zero-order valence-corrected chi connectivity index (χ0v) is 13.6. The number of hydrogen-bond acceptors (Lipinski definition) is 1. The summed E-state index contributed by atoms with van der Waals surface area (Å²) < 4.78 is 14.5. The van der Waals surface area contributed by atoms with E-state index in [0.717, 1.165) is 35.4 Å². The fraction of sp³-hybridized carbons (Fsp3) is 0.421.